The number of nitrogens with zero attached hydrogens (tertiary/aromatic N) is 3. The van der Waals surface area contributed by atoms with Crippen molar-refractivity contribution in [1.29, 1.82) is 5.26 Å². The molecule has 1 aromatic carbocycles. The predicted molar refractivity (Wildman–Crippen MR) is 79.5 cm³/mol. The standard InChI is InChI=1S/C16H23N3O/c1-3-15(12-17)19-10-8-18(9-11-19)13-14-4-6-16(20-2)7-5-14/h4-7,15H,3,8-11,13H2,1-2H3. The zero-order valence-corrected chi connectivity index (χ0v) is 12.4. The van der Waals surface area contributed by atoms with E-state index in [4.69, 9.17) is 10.00 Å². The average Bonchev–Trinajstić information content (AvgIpc) is 2.51. The second-order valence-corrected chi connectivity index (χ2v) is 5.21. The first-order valence-corrected chi connectivity index (χ1v) is 7.25. The molecule has 2 rings (SSSR count). The van der Waals surface area contributed by atoms with Crippen LogP contribution in [0.4, 0.5) is 0 Å². The minimum atomic E-state index is 0.0816. The second kappa shape index (κ2) is 7.28. The number of piperazine rings is 1. The minimum Gasteiger partial charge on any atom is -0.497 e. The Hall–Kier alpha value is -1.57. The average molecular weight is 273 g/mol. The van der Waals surface area contributed by atoms with Crippen molar-refractivity contribution in [2.24, 2.45) is 0 Å². The fourth-order valence-electron chi connectivity index (χ4n) is 2.65. The first-order valence-electron chi connectivity index (χ1n) is 7.25. The highest BCUT2D eigenvalue weighted by atomic mass is 16.5. The molecular weight excluding hydrogens is 250 g/mol. The van der Waals surface area contributed by atoms with Crippen molar-refractivity contribution in [2.75, 3.05) is 33.3 Å². The highest BCUT2D eigenvalue weighted by molar-refractivity contribution is 5.27. The number of ether oxygens (including phenoxy) is 1. The molecule has 1 heterocycles. The Morgan fingerprint density at radius 2 is 1.85 bits per heavy atom. The molecule has 1 aliphatic heterocycles. The van der Waals surface area contributed by atoms with E-state index >= 15 is 0 Å². The largest absolute Gasteiger partial charge is 0.497 e. The normalized spacial score (nSPS) is 18.4. The Bertz CT molecular complexity index is 444. The van der Waals surface area contributed by atoms with Crippen LogP contribution in [0.25, 0.3) is 0 Å². The van der Waals surface area contributed by atoms with Crippen molar-refractivity contribution in [1.82, 2.24) is 9.80 Å². The lowest BCUT2D eigenvalue weighted by atomic mass is 10.1. The first kappa shape index (κ1) is 14.8. The van der Waals surface area contributed by atoms with Gasteiger partial charge in [-0.15, -0.1) is 0 Å². The number of hydrogen-bond acceptors (Lipinski definition) is 4. The molecule has 1 aromatic rings. The van der Waals surface area contributed by atoms with Crippen molar-refractivity contribution in [2.45, 2.75) is 25.9 Å². The van der Waals surface area contributed by atoms with Gasteiger partial charge in [-0.05, 0) is 24.1 Å². The zero-order chi connectivity index (χ0) is 14.4. The van der Waals surface area contributed by atoms with Gasteiger partial charge < -0.3 is 4.74 Å². The third-order valence-corrected chi connectivity index (χ3v) is 3.95. The summed E-state index contributed by atoms with van der Waals surface area (Å²) < 4.78 is 5.17. The summed E-state index contributed by atoms with van der Waals surface area (Å²) in [5, 5.41) is 9.11. The monoisotopic (exact) mass is 273 g/mol. The summed E-state index contributed by atoms with van der Waals surface area (Å²) in [6.45, 7) is 7.09. The van der Waals surface area contributed by atoms with Gasteiger partial charge in [0.25, 0.3) is 0 Å². The molecule has 0 radical (unpaired) electrons. The van der Waals surface area contributed by atoms with E-state index < -0.39 is 0 Å². The fraction of sp³-hybridized carbons (Fsp3) is 0.562. The molecule has 0 N–H and O–H groups in total. The van der Waals surface area contributed by atoms with Crippen LogP contribution < -0.4 is 4.74 Å². The molecule has 0 aliphatic carbocycles. The van der Waals surface area contributed by atoms with Gasteiger partial charge in [0, 0.05) is 32.7 Å². The molecular formula is C16H23N3O. The topological polar surface area (TPSA) is 39.5 Å². The summed E-state index contributed by atoms with van der Waals surface area (Å²) in [6.07, 6.45) is 0.912. The SMILES string of the molecule is CCC(C#N)N1CCN(Cc2ccc(OC)cc2)CC1. The van der Waals surface area contributed by atoms with Crippen molar-refractivity contribution < 1.29 is 4.74 Å². The maximum absolute atomic E-state index is 9.11. The molecule has 1 aliphatic rings. The molecule has 0 spiro atoms. The van der Waals surface area contributed by atoms with E-state index in [9.17, 15) is 0 Å². The van der Waals surface area contributed by atoms with Crippen molar-refractivity contribution in [3.63, 3.8) is 0 Å². The molecule has 108 valence electrons. The van der Waals surface area contributed by atoms with Crippen LogP contribution in [0.15, 0.2) is 24.3 Å². The molecule has 0 aromatic heterocycles. The predicted octanol–water partition coefficient (Wildman–Crippen LogP) is 2.11. The van der Waals surface area contributed by atoms with Crippen LogP contribution in [-0.2, 0) is 6.54 Å². The van der Waals surface area contributed by atoms with E-state index in [0.29, 0.717) is 0 Å². The summed E-state index contributed by atoms with van der Waals surface area (Å²) in [4.78, 5) is 4.74. The summed E-state index contributed by atoms with van der Waals surface area (Å²) >= 11 is 0. The van der Waals surface area contributed by atoms with Gasteiger partial charge in [-0.2, -0.15) is 5.26 Å². The van der Waals surface area contributed by atoms with Crippen molar-refractivity contribution >= 4 is 0 Å². The van der Waals surface area contributed by atoms with E-state index in [1.807, 2.05) is 12.1 Å². The molecule has 0 bridgehead atoms. The van der Waals surface area contributed by atoms with Crippen LogP contribution >= 0.6 is 0 Å². The minimum absolute atomic E-state index is 0.0816. The van der Waals surface area contributed by atoms with Gasteiger partial charge >= 0.3 is 0 Å². The van der Waals surface area contributed by atoms with Crippen LogP contribution in [0.2, 0.25) is 0 Å². The molecule has 0 saturated carbocycles. The van der Waals surface area contributed by atoms with Crippen LogP contribution in [0.3, 0.4) is 0 Å². The molecule has 1 unspecified atom stereocenters. The molecule has 1 fully saturated rings. The molecule has 1 saturated heterocycles. The van der Waals surface area contributed by atoms with Crippen LogP contribution in [0.5, 0.6) is 5.75 Å². The van der Waals surface area contributed by atoms with E-state index in [1.54, 1.807) is 7.11 Å². The quantitative estimate of drug-likeness (QED) is 0.824. The number of nitriles is 1. The highest BCUT2D eigenvalue weighted by Crippen LogP contribution is 2.15. The van der Waals surface area contributed by atoms with E-state index in [1.165, 1.54) is 5.56 Å². The summed E-state index contributed by atoms with van der Waals surface area (Å²) in [5.74, 6) is 0.901. The van der Waals surface area contributed by atoms with Gasteiger partial charge in [0.1, 0.15) is 5.75 Å². The van der Waals surface area contributed by atoms with Crippen LogP contribution in [-0.4, -0.2) is 49.1 Å². The van der Waals surface area contributed by atoms with E-state index in [2.05, 4.69) is 34.9 Å². The summed E-state index contributed by atoms with van der Waals surface area (Å²) in [7, 11) is 1.69. The third kappa shape index (κ3) is 3.72. The second-order valence-electron chi connectivity index (χ2n) is 5.21. The smallest absolute Gasteiger partial charge is 0.118 e. The maximum atomic E-state index is 9.11. The van der Waals surface area contributed by atoms with Crippen molar-refractivity contribution in [3.05, 3.63) is 29.8 Å². The molecule has 1 atom stereocenters. The lowest BCUT2D eigenvalue weighted by Gasteiger charge is -2.36. The van der Waals surface area contributed by atoms with Gasteiger partial charge in [0.15, 0.2) is 0 Å². The number of benzene rings is 1. The number of rotatable bonds is 5. The van der Waals surface area contributed by atoms with Crippen LogP contribution in [0, 0.1) is 11.3 Å². The van der Waals surface area contributed by atoms with E-state index in [0.717, 1.165) is 44.9 Å². The van der Waals surface area contributed by atoms with Crippen LogP contribution in [0.1, 0.15) is 18.9 Å². The van der Waals surface area contributed by atoms with Gasteiger partial charge in [-0.1, -0.05) is 19.1 Å². The Labute approximate surface area is 121 Å². The lowest BCUT2D eigenvalue weighted by Crippen LogP contribution is -2.49. The summed E-state index contributed by atoms with van der Waals surface area (Å²) in [5.41, 5.74) is 1.31. The third-order valence-electron chi connectivity index (χ3n) is 3.95. The van der Waals surface area contributed by atoms with Crippen molar-refractivity contribution in [3.8, 4) is 11.8 Å². The van der Waals surface area contributed by atoms with Gasteiger partial charge in [-0.25, -0.2) is 0 Å². The zero-order valence-electron chi connectivity index (χ0n) is 12.4. The molecule has 4 nitrogen and oxygen atoms in total. The van der Waals surface area contributed by atoms with E-state index in [-0.39, 0.29) is 6.04 Å². The Balaban J connectivity index is 1.83. The Kier molecular flexibility index (Phi) is 5.40. The Morgan fingerprint density at radius 1 is 1.20 bits per heavy atom. The molecule has 0 amide bonds. The number of methoxy groups -OCH3 is 1. The highest BCUT2D eigenvalue weighted by Gasteiger charge is 2.22. The van der Waals surface area contributed by atoms with Gasteiger partial charge in [-0.3, -0.25) is 9.80 Å². The fourth-order valence-corrected chi connectivity index (χ4v) is 2.65. The summed E-state index contributed by atoms with van der Waals surface area (Å²) in [6, 6.07) is 10.7. The molecule has 20 heavy (non-hydrogen) atoms. The first-order chi connectivity index (χ1) is 9.76. The number of hydrogen-bond donors (Lipinski definition) is 0. The lowest BCUT2D eigenvalue weighted by molar-refractivity contribution is 0.108. The molecule has 4 heteroatoms. The maximum Gasteiger partial charge on any atom is 0.118 e. The van der Waals surface area contributed by atoms with Gasteiger partial charge in [0.2, 0.25) is 0 Å². The van der Waals surface area contributed by atoms with Gasteiger partial charge in [0.05, 0.1) is 19.2 Å². The Morgan fingerprint density at radius 3 is 2.35 bits per heavy atom.